The van der Waals surface area contributed by atoms with Gasteiger partial charge in [0.25, 0.3) is 0 Å². The Labute approximate surface area is 365 Å². The zero-order valence-electron chi connectivity index (χ0n) is 35.2. The summed E-state index contributed by atoms with van der Waals surface area (Å²) in [6.07, 6.45) is 0. The summed E-state index contributed by atoms with van der Waals surface area (Å²) in [6.45, 7) is 6.93. The minimum atomic E-state index is -2.95. The van der Waals surface area contributed by atoms with Gasteiger partial charge in [0.2, 0.25) is 6.71 Å². The lowest BCUT2D eigenvalue weighted by atomic mass is 9.34. The van der Waals surface area contributed by atoms with Gasteiger partial charge in [-0.25, -0.2) is 0 Å². The fraction of sp³-hybridized carbons (Fsp3) is 0.0508. The molecule has 0 spiro atoms. The standard InChI is InChI=1S/C59H44BNSi/c1-39-36-40(2)58(41(3)37-39)60-50-30-17-18-32-52(50)61-53-38-43(57-48-28-15-13-26-46(48)56(42-20-7-4-8-21-42)47-27-14-16-29-49(47)57)34-35-54(53)62(44-22-9-5-10-23-44,45-24-11-6-12-25-45)55-33-19-31-51(60)59(55)61/h4-38H,1-3H3. The molecule has 0 radical (unpaired) electrons. The van der Waals surface area contributed by atoms with E-state index in [-0.39, 0.29) is 6.71 Å². The summed E-state index contributed by atoms with van der Waals surface area (Å²) in [7, 11) is -2.95. The normalized spacial score (nSPS) is 13.5. The van der Waals surface area contributed by atoms with Gasteiger partial charge in [-0.1, -0.05) is 222 Å². The molecule has 12 rings (SSSR count). The van der Waals surface area contributed by atoms with Gasteiger partial charge in [-0.05, 0) is 108 Å². The van der Waals surface area contributed by atoms with Crippen molar-refractivity contribution in [3.8, 4) is 22.3 Å². The lowest BCUT2D eigenvalue weighted by Crippen LogP contribution is -2.78. The van der Waals surface area contributed by atoms with Crippen LogP contribution in [0.5, 0.6) is 0 Å². The van der Waals surface area contributed by atoms with Crippen LogP contribution in [0.15, 0.2) is 212 Å². The third-order valence-electron chi connectivity index (χ3n) is 13.9. The second-order valence-electron chi connectivity index (χ2n) is 17.3. The average Bonchev–Trinajstić information content (AvgIpc) is 3.32. The topological polar surface area (TPSA) is 3.24 Å². The highest BCUT2D eigenvalue weighted by molar-refractivity contribution is 7.22. The first-order valence-electron chi connectivity index (χ1n) is 21.9. The van der Waals surface area contributed by atoms with E-state index in [1.165, 1.54) is 115 Å². The zero-order chi connectivity index (χ0) is 41.5. The predicted molar refractivity (Wildman–Crippen MR) is 269 cm³/mol. The molecule has 10 aromatic rings. The summed E-state index contributed by atoms with van der Waals surface area (Å²) in [5, 5.41) is 10.7. The Bertz CT molecular complexity index is 3280. The summed E-state index contributed by atoms with van der Waals surface area (Å²) in [6, 6.07) is 80.6. The maximum atomic E-state index is 2.66. The van der Waals surface area contributed by atoms with E-state index in [2.05, 4.69) is 238 Å². The minimum Gasteiger partial charge on any atom is -0.312 e. The maximum Gasteiger partial charge on any atom is 0.247 e. The molecule has 0 saturated heterocycles. The SMILES string of the molecule is Cc1cc(C)c(B2c3ccccc3N3c4cc(-c5c6ccccc6c(-c6ccccc6)c6ccccc56)ccc4[Si](c4ccccc4)(c4ccccc4)c4cccc2c43)c(C)c1. The number of nitrogens with zero attached hydrogens (tertiary/aromatic N) is 1. The molecule has 0 saturated carbocycles. The minimum absolute atomic E-state index is 0.0828. The molecule has 1 nitrogen and oxygen atoms in total. The smallest absolute Gasteiger partial charge is 0.247 e. The van der Waals surface area contributed by atoms with Crippen molar-refractivity contribution in [1.82, 2.24) is 0 Å². The lowest BCUT2D eigenvalue weighted by Gasteiger charge is -2.49. The third-order valence-corrected chi connectivity index (χ3v) is 18.7. The van der Waals surface area contributed by atoms with Crippen molar-refractivity contribution in [2.75, 3.05) is 4.90 Å². The molecule has 62 heavy (non-hydrogen) atoms. The first kappa shape index (κ1) is 36.6. The summed E-state index contributed by atoms with van der Waals surface area (Å²) in [5.74, 6) is 0. The molecule has 292 valence electrons. The summed E-state index contributed by atoms with van der Waals surface area (Å²) < 4.78 is 0. The number of para-hydroxylation sites is 2. The second-order valence-corrected chi connectivity index (χ2v) is 21.0. The number of benzene rings is 10. The monoisotopic (exact) mass is 805 g/mol. The number of hydrogen-bond acceptors (Lipinski definition) is 1. The largest absolute Gasteiger partial charge is 0.312 e. The first-order valence-corrected chi connectivity index (χ1v) is 23.9. The second kappa shape index (κ2) is 14.2. The molecule has 2 aliphatic rings. The predicted octanol–water partition coefficient (Wildman–Crippen LogP) is 10.2. The van der Waals surface area contributed by atoms with Crippen molar-refractivity contribution in [2.45, 2.75) is 20.8 Å². The molecular weight excluding hydrogens is 762 g/mol. The van der Waals surface area contributed by atoms with E-state index in [4.69, 9.17) is 0 Å². The van der Waals surface area contributed by atoms with Crippen LogP contribution < -0.4 is 42.0 Å². The van der Waals surface area contributed by atoms with Crippen LogP contribution in [0.2, 0.25) is 0 Å². The van der Waals surface area contributed by atoms with Gasteiger partial charge in [-0.15, -0.1) is 0 Å². The number of aryl methyl sites for hydroxylation is 3. The van der Waals surface area contributed by atoms with Crippen molar-refractivity contribution in [1.29, 1.82) is 0 Å². The Hall–Kier alpha value is -7.20. The summed E-state index contributed by atoms with van der Waals surface area (Å²) in [5.41, 5.74) is 17.0. The Kier molecular flexibility index (Phi) is 8.39. The molecule has 0 fully saturated rings. The fourth-order valence-electron chi connectivity index (χ4n) is 11.6. The highest BCUT2D eigenvalue weighted by Gasteiger charge is 2.52. The van der Waals surface area contributed by atoms with Gasteiger partial charge >= 0.3 is 0 Å². The molecule has 0 bridgehead atoms. The molecule has 0 N–H and O–H groups in total. The van der Waals surface area contributed by atoms with Crippen LogP contribution in [0.3, 0.4) is 0 Å². The van der Waals surface area contributed by atoms with Gasteiger partial charge in [0.05, 0.1) is 0 Å². The van der Waals surface area contributed by atoms with Crippen LogP contribution in [0.4, 0.5) is 17.1 Å². The van der Waals surface area contributed by atoms with E-state index in [0.717, 1.165) is 0 Å². The third kappa shape index (κ3) is 5.22. The number of fused-ring (bicyclic) bond motifs is 6. The summed E-state index contributed by atoms with van der Waals surface area (Å²) >= 11 is 0. The molecule has 0 aromatic heterocycles. The molecule has 0 atom stereocenters. The van der Waals surface area contributed by atoms with E-state index in [1.807, 2.05) is 0 Å². The highest BCUT2D eigenvalue weighted by atomic mass is 28.3. The lowest BCUT2D eigenvalue weighted by molar-refractivity contribution is 1.30. The van der Waals surface area contributed by atoms with E-state index < -0.39 is 8.07 Å². The first-order chi connectivity index (χ1) is 30.5. The van der Waals surface area contributed by atoms with Gasteiger partial charge in [0, 0.05) is 17.1 Å². The Morgan fingerprint density at radius 2 is 0.887 bits per heavy atom. The van der Waals surface area contributed by atoms with Gasteiger partial charge in [-0.2, -0.15) is 0 Å². The molecule has 10 aromatic carbocycles. The fourth-order valence-corrected chi connectivity index (χ4v) is 16.7. The quantitative estimate of drug-likeness (QED) is 0.124. The number of hydrogen-bond donors (Lipinski definition) is 0. The highest BCUT2D eigenvalue weighted by Crippen LogP contribution is 2.46. The van der Waals surface area contributed by atoms with Crippen LogP contribution >= 0.6 is 0 Å². The molecular formula is C59H44BNSi. The Morgan fingerprint density at radius 1 is 0.387 bits per heavy atom. The van der Waals surface area contributed by atoms with Crippen LogP contribution in [-0.2, 0) is 0 Å². The molecule has 2 heterocycles. The maximum absolute atomic E-state index is 2.95. The number of anilines is 3. The van der Waals surface area contributed by atoms with Crippen LogP contribution in [0, 0.1) is 20.8 Å². The van der Waals surface area contributed by atoms with Crippen molar-refractivity contribution < 1.29 is 0 Å². The van der Waals surface area contributed by atoms with E-state index >= 15 is 0 Å². The van der Waals surface area contributed by atoms with Gasteiger partial charge < -0.3 is 4.90 Å². The Balaban J connectivity index is 1.23. The molecule has 2 aliphatic heterocycles. The Morgan fingerprint density at radius 3 is 1.48 bits per heavy atom. The van der Waals surface area contributed by atoms with E-state index in [9.17, 15) is 0 Å². The van der Waals surface area contributed by atoms with Crippen molar-refractivity contribution in [3.63, 3.8) is 0 Å². The van der Waals surface area contributed by atoms with Crippen molar-refractivity contribution in [2.24, 2.45) is 0 Å². The van der Waals surface area contributed by atoms with Crippen LogP contribution in [0.1, 0.15) is 16.7 Å². The van der Waals surface area contributed by atoms with Crippen LogP contribution in [0.25, 0.3) is 43.8 Å². The molecule has 0 aliphatic carbocycles. The average molecular weight is 806 g/mol. The van der Waals surface area contributed by atoms with Crippen LogP contribution in [-0.4, -0.2) is 14.8 Å². The molecule has 0 amide bonds. The molecule has 0 unspecified atom stereocenters. The van der Waals surface area contributed by atoms with Gasteiger partial charge in [-0.3, -0.25) is 0 Å². The number of rotatable bonds is 5. The van der Waals surface area contributed by atoms with Crippen molar-refractivity contribution >= 4 is 90.5 Å². The van der Waals surface area contributed by atoms with E-state index in [1.54, 1.807) is 0 Å². The summed E-state index contributed by atoms with van der Waals surface area (Å²) in [4.78, 5) is 2.66. The van der Waals surface area contributed by atoms with Gasteiger partial charge in [0.1, 0.15) is 0 Å². The van der Waals surface area contributed by atoms with E-state index in [0.29, 0.717) is 0 Å². The zero-order valence-corrected chi connectivity index (χ0v) is 36.2. The molecule has 3 heteroatoms. The van der Waals surface area contributed by atoms with Gasteiger partial charge in [0.15, 0.2) is 8.07 Å². The van der Waals surface area contributed by atoms with Crippen molar-refractivity contribution in [3.05, 3.63) is 229 Å².